The molecule has 0 unspecified atom stereocenters. The zero-order valence-corrected chi connectivity index (χ0v) is 30.1. The minimum Gasteiger partial charge on any atom is -0.494 e. The maximum atomic E-state index is 14.7. The number of anilines is 4. The first-order valence-electron chi connectivity index (χ1n) is 16.7. The topological polar surface area (TPSA) is 144 Å². The fourth-order valence-corrected chi connectivity index (χ4v) is 6.41. The molecule has 3 atom stereocenters. The molecule has 2 aromatic carbocycles. The van der Waals surface area contributed by atoms with E-state index in [-0.39, 0.29) is 17.3 Å². The number of nitrogens with one attached hydrogen (secondary N) is 4. The van der Waals surface area contributed by atoms with Gasteiger partial charge in [-0.2, -0.15) is 0 Å². The number of hydrogen-bond acceptors (Lipinski definition) is 11. The summed E-state index contributed by atoms with van der Waals surface area (Å²) in [6, 6.07) is 7.02. The number of halogens is 1. The molecular formula is C35H48ClN9O4. The van der Waals surface area contributed by atoms with E-state index in [4.69, 9.17) is 16.3 Å². The van der Waals surface area contributed by atoms with Gasteiger partial charge in [-0.3, -0.25) is 14.4 Å². The molecular weight excluding hydrogens is 646 g/mol. The highest BCUT2D eigenvalue weighted by molar-refractivity contribution is 6.33. The van der Waals surface area contributed by atoms with Crippen LogP contribution >= 0.6 is 11.6 Å². The summed E-state index contributed by atoms with van der Waals surface area (Å²) in [5.41, 5.74) is 1.72. The molecule has 3 amide bonds. The summed E-state index contributed by atoms with van der Waals surface area (Å²) in [6.07, 6.45) is 2.81. The van der Waals surface area contributed by atoms with Gasteiger partial charge in [0.25, 0.3) is 11.8 Å². The molecule has 0 bridgehead atoms. The second-order valence-electron chi connectivity index (χ2n) is 13.8. The zero-order valence-electron chi connectivity index (χ0n) is 29.4. The molecule has 14 heteroatoms. The van der Waals surface area contributed by atoms with Crippen LogP contribution in [0, 0.1) is 5.41 Å². The van der Waals surface area contributed by atoms with Gasteiger partial charge in [-0.15, -0.1) is 0 Å². The lowest BCUT2D eigenvalue weighted by Gasteiger charge is -2.36. The van der Waals surface area contributed by atoms with E-state index >= 15 is 0 Å². The number of benzene rings is 2. The normalized spacial score (nSPS) is 18.2. The number of nitrogens with zero attached hydrogens (tertiary/aromatic N) is 5. The number of methoxy groups -OCH3 is 1. The van der Waals surface area contributed by atoms with Crippen LogP contribution in [0.25, 0.3) is 10.9 Å². The summed E-state index contributed by atoms with van der Waals surface area (Å²) in [4.78, 5) is 56.7. The van der Waals surface area contributed by atoms with E-state index in [1.807, 2.05) is 39.0 Å². The molecule has 13 nitrogen and oxygen atoms in total. The Balaban J connectivity index is 1.56. The van der Waals surface area contributed by atoms with E-state index in [0.29, 0.717) is 40.4 Å². The summed E-state index contributed by atoms with van der Waals surface area (Å²) in [5.74, 6) is -0.621. The van der Waals surface area contributed by atoms with E-state index < -0.39 is 35.4 Å². The number of piperazine rings is 1. The van der Waals surface area contributed by atoms with Crippen molar-refractivity contribution in [2.24, 2.45) is 5.41 Å². The first-order valence-corrected chi connectivity index (χ1v) is 17.1. The number of ether oxygens (including phenoxy) is 1. The molecule has 0 saturated carbocycles. The van der Waals surface area contributed by atoms with E-state index in [1.54, 1.807) is 26.1 Å². The van der Waals surface area contributed by atoms with Crippen LogP contribution in [-0.4, -0.2) is 105 Å². The second-order valence-corrected chi connectivity index (χ2v) is 14.2. The Labute approximate surface area is 293 Å². The Morgan fingerprint density at radius 3 is 2.45 bits per heavy atom. The Morgan fingerprint density at radius 2 is 1.84 bits per heavy atom. The molecule has 4 N–H and O–H groups in total. The zero-order chi connectivity index (χ0) is 35.5. The number of carbonyl (C=O) groups excluding carboxylic acids is 3. The van der Waals surface area contributed by atoms with E-state index in [2.05, 4.69) is 48.1 Å². The fourth-order valence-electron chi connectivity index (χ4n) is 6.11. The third kappa shape index (κ3) is 8.07. The number of likely N-dealkylation sites (N-methyl/N-ethyl adjacent to an activating group) is 2. The van der Waals surface area contributed by atoms with Crippen LogP contribution in [0.2, 0.25) is 5.02 Å². The lowest BCUT2D eigenvalue weighted by molar-refractivity contribution is -0.134. The maximum Gasteiger partial charge on any atom is 0.257 e. The molecule has 3 heterocycles. The minimum absolute atomic E-state index is 0.227. The van der Waals surface area contributed by atoms with Crippen LogP contribution in [0.3, 0.4) is 0 Å². The Bertz CT molecular complexity index is 1680. The summed E-state index contributed by atoms with van der Waals surface area (Å²) in [7, 11) is 5.26. The number of rotatable bonds is 10. The highest BCUT2D eigenvalue weighted by Gasteiger charge is 2.42. The molecule has 49 heavy (non-hydrogen) atoms. The lowest BCUT2D eigenvalue weighted by atomic mass is 9.85. The van der Waals surface area contributed by atoms with Crippen LogP contribution in [0.4, 0.5) is 22.9 Å². The Morgan fingerprint density at radius 1 is 1.10 bits per heavy atom. The quantitative estimate of drug-likeness (QED) is 0.248. The number of hydrogen-bond donors (Lipinski definition) is 4. The van der Waals surface area contributed by atoms with Crippen molar-refractivity contribution in [1.29, 1.82) is 0 Å². The summed E-state index contributed by atoms with van der Waals surface area (Å²) in [5, 5.41) is 13.6. The number of imide groups is 1. The molecule has 5 rings (SSSR count). The third-order valence-corrected chi connectivity index (χ3v) is 9.56. The van der Waals surface area contributed by atoms with Crippen molar-refractivity contribution in [2.75, 3.05) is 69.0 Å². The third-order valence-electron chi connectivity index (χ3n) is 9.26. The molecule has 1 aromatic heterocycles. The molecule has 2 fully saturated rings. The highest BCUT2D eigenvalue weighted by atomic mass is 35.5. The molecule has 3 aromatic rings. The average Bonchev–Trinajstić information content (AvgIpc) is 3.62. The van der Waals surface area contributed by atoms with Crippen LogP contribution < -0.4 is 35.8 Å². The van der Waals surface area contributed by atoms with Gasteiger partial charge in [0.15, 0.2) is 0 Å². The summed E-state index contributed by atoms with van der Waals surface area (Å²) in [6.45, 7) is 11.6. The van der Waals surface area contributed by atoms with Crippen molar-refractivity contribution in [1.82, 2.24) is 30.8 Å². The first-order chi connectivity index (χ1) is 23.3. The van der Waals surface area contributed by atoms with E-state index in [9.17, 15) is 14.4 Å². The van der Waals surface area contributed by atoms with Crippen molar-refractivity contribution in [3.05, 3.63) is 41.7 Å². The fraction of sp³-hybridized carbons (Fsp3) is 0.514. The van der Waals surface area contributed by atoms with Gasteiger partial charge in [-0.25, -0.2) is 14.9 Å². The van der Waals surface area contributed by atoms with Gasteiger partial charge >= 0.3 is 0 Å². The molecule has 0 aliphatic carbocycles. The van der Waals surface area contributed by atoms with Gasteiger partial charge < -0.3 is 35.8 Å². The molecule has 0 radical (unpaired) electrons. The Hall–Kier alpha value is -4.04. The summed E-state index contributed by atoms with van der Waals surface area (Å²) >= 11 is 6.79. The van der Waals surface area contributed by atoms with Crippen molar-refractivity contribution in [2.45, 2.75) is 58.7 Å². The van der Waals surface area contributed by atoms with E-state index in [0.717, 1.165) is 43.2 Å². The monoisotopic (exact) mass is 693 g/mol. The molecule has 0 spiro atoms. The maximum absolute atomic E-state index is 14.7. The predicted octanol–water partition coefficient (Wildman–Crippen LogP) is 3.54. The number of amides is 3. The number of fused-ring (bicyclic) bond motifs is 1. The van der Waals surface area contributed by atoms with Crippen LogP contribution in [0.1, 0.15) is 40.5 Å². The van der Waals surface area contributed by atoms with E-state index in [1.165, 1.54) is 13.4 Å². The van der Waals surface area contributed by atoms with Crippen molar-refractivity contribution < 1.29 is 19.1 Å². The van der Waals surface area contributed by atoms with Crippen LogP contribution in [0.5, 0.6) is 5.75 Å². The van der Waals surface area contributed by atoms with Gasteiger partial charge in [-0.1, -0.05) is 32.4 Å². The van der Waals surface area contributed by atoms with Crippen LogP contribution in [0.15, 0.2) is 36.7 Å². The minimum atomic E-state index is -1.04. The van der Waals surface area contributed by atoms with Gasteiger partial charge in [-0.05, 0) is 70.1 Å². The standard InChI is InChI=1S/C35H48ClN9O4/c1-21(37-5)32(46)42-30(35(2,3)4)34(48)45(33(47)25-9-8-12-38-25)28-18-23-26(19-29(28)49-7)39-20-40-31(23)41-22-10-11-27(24(36)17-22)44-15-13-43(6)14-16-44/h10-11,17-21,25,30,37-38H,8-9,12-16H2,1-7H3,(H,42,46)(H,39,40,41)/t21-,25-,30+/m0/s1. The highest BCUT2D eigenvalue weighted by Crippen LogP contribution is 2.38. The van der Waals surface area contributed by atoms with Gasteiger partial charge in [0.1, 0.15) is 23.9 Å². The van der Waals surface area contributed by atoms with Gasteiger partial charge in [0, 0.05) is 43.3 Å². The average molecular weight is 694 g/mol. The molecule has 264 valence electrons. The van der Waals surface area contributed by atoms with Crippen molar-refractivity contribution >= 4 is 63.1 Å². The second kappa shape index (κ2) is 15.2. The largest absolute Gasteiger partial charge is 0.494 e. The first kappa shape index (κ1) is 36.2. The van der Waals surface area contributed by atoms with Gasteiger partial charge in [0.05, 0.1) is 41.1 Å². The summed E-state index contributed by atoms with van der Waals surface area (Å²) < 4.78 is 5.78. The van der Waals surface area contributed by atoms with Gasteiger partial charge in [0.2, 0.25) is 5.91 Å². The predicted molar refractivity (Wildman–Crippen MR) is 194 cm³/mol. The van der Waals surface area contributed by atoms with Crippen molar-refractivity contribution in [3.8, 4) is 5.75 Å². The smallest absolute Gasteiger partial charge is 0.257 e. The van der Waals surface area contributed by atoms with Crippen LogP contribution in [-0.2, 0) is 14.4 Å². The number of aromatic nitrogens is 2. The SMILES string of the molecule is CN[C@@H](C)C(=O)N[C@H](C(=O)N(C(=O)[C@@H]1CCCN1)c1cc2c(Nc3ccc(N4CCN(C)CC4)c(Cl)c3)ncnc2cc1OC)C(C)(C)C. The lowest BCUT2D eigenvalue weighted by Crippen LogP contribution is -2.60. The molecule has 2 aliphatic rings. The molecule has 2 aliphatic heterocycles. The molecule has 2 saturated heterocycles. The van der Waals surface area contributed by atoms with Crippen molar-refractivity contribution in [3.63, 3.8) is 0 Å². The number of carbonyl (C=O) groups is 3. The Kier molecular flexibility index (Phi) is 11.3.